The second-order valence-electron chi connectivity index (χ2n) is 7.39. The van der Waals surface area contributed by atoms with E-state index < -0.39 is 5.41 Å². The van der Waals surface area contributed by atoms with Crippen LogP contribution >= 0.6 is 31.9 Å². The third-order valence-electron chi connectivity index (χ3n) is 5.52. The summed E-state index contributed by atoms with van der Waals surface area (Å²) < 4.78 is 0. The number of rotatable bonds is 6. The van der Waals surface area contributed by atoms with Crippen molar-refractivity contribution in [2.24, 2.45) is 0 Å². The Morgan fingerprint density at radius 3 is 1.97 bits per heavy atom. The van der Waals surface area contributed by atoms with Crippen molar-refractivity contribution in [3.05, 3.63) is 88.5 Å². The van der Waals surface area contributed by atoms with Gasteiger partial charge in [-0.05, 0) is 72.9 Å². The van der Waals surface area contributed by atoms with Crippen LogP contribution in [0.3, 0.4) is 0 Å². The number of aromatic hydroxyl groups is 3. The van der Waals surface area contributed by atoms with Crippen LogP contribution in [0.4, 0.5) is 0 Å². The van der Waals surface area contributed by atoms with Gasteiger partial charge in [0.1, 0.15) is 17.2 Å². The molecule has 3 aromatic rings. The highest BCUT2D eigenvalue weighted by Crippen LogP contribution is 2.43. The molecule has 2 unspecified atom stereocenters. The van der Waals surface area contributed by atoms with Crippen LogP contribution in [0.2, 0.25) is 0 Å². The number of phenolic OH excluding ortho intramolecular Hbond substituents is 3. The molecule has 0 aromatic heterocycles. The molecule has 3 aromatic carbocycles. The van der Waals surface area contributed by atoms with Crippen LogP contribution in [0.25, 0.3) is 0 Å². The van der Waals surface area contributed by atoms with Crippen molar-refractivity contribution in [3.8, 4) is 17.2 Å². The normalized spacial score (nSPS) is 14.3. The molecular formula is C24H24Br2O3. The molecule has 3 N–H and O–H groups in total. The summed E-state index contributed by atoms with van der Waals surface area (Å²) in [5, 5.41) is 31.1. The minimum absolute atomic E-state index is 0.0208. The molecule has 0 saturated carbocycles. The third kappa shape index (κ3) is 4.31. The highest BCUT2D eigenvalue weighted by molar-refractivity contribution is 9.09. The van der Waals surface area contributed by atoms with Crippen LogP contribution in [-0.4, -0.2) is 20.6 Å². The summed E-state index contributed by atoms with van der Waals surface area (Å²) >= 11 is 7.15. The van der Waals surface area contributed by atoms with E-state index in [1.165, 1.54) is 0 Å². The van der Waals surface area contributed by atoms with Crippen molar-refractivity contribution in [2.45, 2.75) is 30.5 Å². The Morgan fingerprint density at radius 1 is 0.828 bits per heavy atom. The van der Waals surface area contributed by atoms with E-state index in [1.807, 2.05) is 43.3 Å². The van der Waals surface area contributed by atoms with E-state index in [1.54, 1.807) is 24.3 Å². The number of halogens is 2. The first kappa shape index (κ1) is 21.7. The molecule has 0 aliphatic carbocycles. The Morgan fingerprint density at radius 2 is 1.38 bits per heavy atom. The lowest BCUT2D eigenvalue weighted by molar-refractivity contribution is 0.466. The van der Waals surface area contributed by atoms with Gasteiger partial charge in [-0.2, -0.15) is 0 Å². The molecule has 0 saturated heterocycles. The van der Waals surface area contributed by atoms with Crippen molar-refractivity contribution in [3.63, 3.8) is 0 Å². The zero-order chi connectivity index (χ0) is 21.2. The van der Waals surface area contributed by atoms with Crippen LogP contribution in [0.1, 0.15) is 46.0 Å². The fourth-order valence-corrected chi connectivity index (χ4v) is 5.30. The number of alkyl halides is 2. The average Bonchev–Trinajstić information content (AvgIpc) is 2.70. The third-order valence-corrected chi connectivity index (χ3v) is 6.93. The molecule has 5 heteroatoms. The second-order valence-corrected chi connectivity index (χ2v) is 9.29. The summed E-state index contributed by atoms with van der Waals surface area (Å²) in [5.41, 5.74) is 4.12. The summed E-state index contributed by atoms with van der Waals surface area (Å²) in [6.07, 6.45) is 0.839. The Kier molecular flexibility index (Phi) is 6.59. The summed E-state index contributed by atoms with van der Waals surface area (Å²) in [5.74, 6) is 0.722. The molecule has 3 nitrogen and oxygen atoms in total. The van der Waals surface area contributed by atoms with Crippen LogP contribution in [-0.2, 0) is 5.41 Å². The van der Waals surface area contributed by atoms with E-state index in [0.29, 0.717) is 0 Å². The lowest BCUT2D eigenvalue weighted by Crippen LogP contribution is -2.25. The Labute approximate surface area is 188 Å². The Balaban J connectivity index is 2.24. The van der Waals surface area contributed by atoms with Gasteiger partial charge in [0.05, 0.1) is 0 Å². The summed E-state index contributed by atoms with van der Waals surface area (Å²) in [4.78, 5) is 0.0208. The van der Waals surface area contributed by atoms with Gasteiger partial charge < -0.3 is 15.3 Å². The number of aryl methyl sites for hydroxylation is 1. The quantitative estimate of drug-likeness (QED) is 0.251. The van der Waals surface area contributed by atoms with Crippen LogP contribution in [0, 0.1) is 6.92 Å². The molecule has 0 fully saturated rings. The first-order valence-electron chi connectivity index (χ1n) is 9.40. The van der Waals surface area contributed by atoms with Gasteiger partial charge in [-0.1, -0.05) is 62.2 Å². The first-order chi connectivity index (χ1) is 13.8. The SMILES string of the molecule is Cc1cc(C(C)(c2ccc(O)cc2)c2ccc(O)c(C(Br)CCBr)c2)ccc1O. The lowest BCUT2D eigenvalue weighted by atomic mass is 9.70. The minimum atomic E-state index is -0.546. The van der Waals surface area contributed by atoms with Gasteiger partial charge in [0.15, 0.2) is 0 Å². The predicted octanol–water partition coefficient (Wildman–Crippen LogP) is 6.69. The first-order valence-corrected chi connectivity index (χ1v) is 11.4. The van der Waals surface area contributed by atoms with Gasteiger partial charge >= 0.3 is 0 Å². The van der Waals surface area contributed by atoms with Crippen LogP contribution < -0.4 is 0 Å². The van der Waals surface area contributed by atoms with Crippen molar-refractivity contribution in [1.82, 2.24) is 0 Å². The number of hydrogen-bond acceptors (Lipinski definition) is 3. The summed E-state index contributed by atoms with van der Waals surface area (Å²) in [6.45, 7) is 4.00. The van der Waals surface area contributed by atoms with E-state index in [0.717, 1.165) is 39.6 Å². The van der Waals surface area contributed by atoms with Crippen molar-refractivity contribution in [1.29, 1.82) is 0 Å². The Bertz CT molecular complexity index is 1000. The molecule has 3 rings (SSSR count). The monoisotopic (exact) mass is 518 g/mol. The highest BCUT2D eigenvalue weighted by atomic mass is 79.9. The topological polar surface area (TPSA) is 60.7 Å². The molecule has 0 spiro atoms. The van der Waals surface area contributed by atoms with Crippen molar-refractivity contribution < 1.29 is 15.3 Å². The van der Waals surface area contributed by atoms with Crippen LogP contribution in [0.15, 0.2) is 60.7 Å². The number of hydrogen-bond donors (Lipinski definition) is 3. The number of benzene rings is 3. The van der Waals surface area contributed by atoms with Gasteiger partial charge in [-0.15, -0.1) is 0 Å². The molecule has 0 heterocycles. The molecule has 29 heavy (non-hydrogen) atoms. The molecule has 0 aliphatic rings. The van der Waals surface area contributed by atoms with E-state index in [-0.39, 0.29) is 22.1 Å². The molecule has 0 aliphatic heterocycles. The average molecular weight is 520 g/mol. The molecular weight excluding hydrogens is 496 g/mol. The maximum absolute atomic E-state index is 10.4. The maximum Gasteiger partial charge on any atom is 0.119 e. The van der Waals surface area contributed by atoms with Gasteiger partial charge in [0, 0.05) is 21.1 Å². The fraction of sp³-hybridized carbons (Fsp3) is 0.250. The second kappa shape index (κ2) is 8.80. The zero-order valence-electron chi connectivity index (χ0n) is 16.4. The van der Waals surface area contributed by atoms with E-state index in [4.69, 9.17) is 0 Å². The van der Waals surface area contributed by atoms with Gasteiger partial charge in [0.2, 0.25) is 0 Å². The maximum atomic E-state index is 10.4. The summed E-state index contributed by atoms with van der Waals surface area (Å²) in [7, 11) is 0. The minimum Gasteiger partial charge on any atom is -0.508 e. The fourth-order valence-electron chi connectivity index (χ4n) is 3.63. The van der Waals surface area contributed by atoms with Crippen molar-refractivity contribution in [2.75, 3.05) is 5.33 Å². The molecule has 152 valence electrons. The van der Waals surface area contributed by atoms with Crippen molar-refractivity contribution >= 4 is 31.9 Å². The predicted molar refractivity (Wildman–Crippen MR) is 125 cm³/mol. The number of phenols is 3. The summed E-state index contributed by atoms with van der Waals surface area (Å²) in [6, 6.07) is 18.5. The van der Waals surface area contributed by atoms with Gasteiger partial charge in [-0.25, -0.2) is 0 Å². The lowest BCUT2D eigenvalue weighted by Gasteiger charge is -2.33. The largest absolute Gasteiger partial charge is 0.508 e. The van der Waals surface area contributed by atoms with Gasteiger partial charge in [0.25, 0.3) is 0 Å². The van der Waals surface area contributed by atoms with Crippen LogP contribution in [0.5, 0.6) is 17.2 Å². The molecule has 0 radical (unpaired) electrons. The standard InChI is InChI=1S/C24H24Br2O3/c1-15-13-17(5-9-22(15)28)24(2,16-3-7-19(27)8-4-16)18-6-10-23(29)20(14-18)21(26)11-12-25/h3-10,13-14,21,27-29H,11-12H2,1-2H3. The molecule has 0 bridgehead atoms. The van der Waals surface area contributed by atoms with E-state index >= 15 is 0 Å². The van der Waals surface area contributed by atoms with E-state index in [2.05, 4.69) is 38.8 Å². The molecule has 2 atom stereocenters. The highest BCUT2D eigenvalue weighted by Gasteiger charge is 2.32. The Hall–Kier alpha value is -1.98. The van der Waals surface area contributed by atoms with Gasteiger partial charge in [-0.3, -0.25) is 0 Å². The molecule has 0 amide bonds. The zero-order valence-corrected chi connectivity index (χ0v) is 19.5. The van der Waals surface area contributed by atoms with E-state index in [9.17, 15) is 15.3 Å². The smallest absolute Gasteiger partial charge is 0.119 e.